The Balaban J connectivity index is 1.26. The van der Waals surface area contributed by atoms with Crippen molar-refractivity contribution in [2.24, 2.45) is 0 Å². The van der Waals surface area contributed by atoms with Crippen molar-refractivity contribution in [1.82, 2.24) is 24.8 Å². The Kier molecular flexibility index (Phi) is 7.28. The van der Waals surface area contributed by atoms with Gasteiger partial charge in [-0.2, -0.15) is 18.2 Å². The molecule has 5 rings (SSSR count). The Morgan fingerprint density at radius 1 is 0.897 bits per heavy atom. The highest BCUT2D eigenvalue weighted by molar-refractivity contribution is 5.82. The van der Waals surface area contributed by atoms with Crippen molar-refractivity contribution in [2.45, 2.75) is 6.18 Å². The normalized spacial score (nSPS) is 14.5. The van der Waals surface area contributed by atoms with Crippen molar-refractivity contribution in [3.8, 4) is 5.75 Å². The molecule has 4 heterocycles. The van der Waals surface area contributed by atoms with E-state index in [0.29, 0.717) is 52.8 Å². The fraction of sp³-hybridized carbons (Fsp3) is 0.280. The third-order valence-electron chi connectivity index (χ3n) is 6.03. The minimum absolute atomic E-state index is 0.249. The zero-order valence-electron chi connectivity index (χ0n) is 20.6. The number of aromatic nitrogens is 4. The summed E-state index contributed by atoms with van der Waals surface area (Å²) >= 11 is 0. The van der Waals surface area contributed by atoms with E-state index in [1.165, 1.54) is 24.4 Å². The number of hydrogen-bond acceptors (Lipinski definition) is 9. The lowest BCUT2D eigenvalue weighted by Crippen LogP contribution is -2.49. The second kappa shape index (κ2) is 10.8. The third-order valence-corrected chi connectivity index (χ3v) is 6.03. The molecule has 0 spiro atoms. The van der Waals surface area contributed by atoms with Crippen LogP contribution in [-0.4, -0.2) is 70.8 Å². The molecule has 9 nitrogen and oxygen atoms in total. The summed E-state index contributed by atoms with van der Waals surface area (Å²) in [5, 5.41) is 6.53. The number of fused-ring (bicyclic) bond motifs is 1. The van der Waals surface area contributed by atoms with E-state index >= 15 is 0 Å². The number of benzene rings is 1. The highest BCUT2D eigenvalue weighted by Gasteiger charge is 2.32. The Bertz CT molecular complexity index is 1480. The molecule has 1 fully saturated rings. The number of ether oxygens (including phenoxy) is 1. The number of hydrogen-bond donors (Lipinski definition) is 2. The van der Waals surface area contributed by atoms with Crippen LogP contribution in [0.15, 0.2) is 48.9 Å². The van der Waals surface area contributed by atoms with Gasteiger partial charge in [-0.3, -0.25) is 9.88 Å². The first-order chi connectivity index (χ1) is 18.7. The first-order valence-corrected chi connectivity index (χ1v) is 11.9. The van der Waals surface area contributed by atoms with Gasteiger partial charge in [0.25, 0.3) is 0 Å². The van der Waals surface area contributed by atoms with Gasteiger partial charge in [-0.15, -0.1) is 0 Å². The molecule has 0 radical (unpaired) electrons. The van der Waals surface area contributed by atoms with Gasteiger partial charge in [-0.25, -0.2) is 18.7 Å². The predicted octanol–water partition coefficient (Wildman–Crippen LogP) is 4.88. The van der Waals surface area contributed by atoms with Crippen LogP contribution in [0.2, 0.25) is 0 Å². The van der Waals surface area contributed by atoms with E-state index in [-0.39, 0.29) is 19.0 Å². The maximum absolute atomic E-state index is 13.6. The molecule has 1 aliphatic heterocycles. The third kappa shape index (κ3) is 6.39. The van der Waals surface area contributed by atoms with Crippen LogP contribution in [0.25, 0.3) is 10.9 Å². The van der Waals surface area contributed by atoms with E-state index in [0.717, 1.165) is 12.1 Å². The Hall–Kier alpha value is -4.33. The number of piperazine rings is 1. The molecule has 204 valence electrons. The highest BCUT2D eigenvalue weighted by atomic mass is 19.4. The Labute approximate surface area is 219 Å². The lowest BCUT2D eigenvalue weighted by molar-refractivity contribution is -0.146. The SMILES string of the molecule is COc1cc(Nc2nccc(Nc3cnc4cc(F)c(F)cc4c3)n2)cnc1N1CCN(CC(F)(F)F)CC1. The van der Waals surface area contributed by atoms with Gasteiger partial charge >= 0.3 is 6.18 Å². The van der Waals surface area contributed by atoms with Crippen LogP contribution in [0.5, 0.6) is 5.75 Å². The number of pyridine rings is 2. The van der Waals surface area contributed by atoms with E-state index in [1.807, 2.05) is 4.90 Å². The summed E-state index contributed by atoms with van der Waals surface area (Å²) < 4.78 is 70.6. The summed E-state index contributed by atoms with van der Waals surface area (Å²) in [6, 6.07) is 7.05. The van der Waals surface area contributed by atoms with E-state index in [4.69, 9.17) is 4.74 Å². The number of halogens is 5. The molecule has 0 aliphatic carbocycles. The second-order valence-electron chi connectivity index (χ2n) is 8.83. The standard InChI is InChI=1S/C25H23F5N8O/c1-39-21-10-17(13-33-23(21)38-6-4-37(5-7-38)14-25(28,29)30)35-24-31-3-2-22(36-24)34-16-8-15-9-18(26)19(27)11-20(15)32-12-16/h2-3,8-13H,4-7,14H2,1H3,(H2,31,34,35,36). The molecule has 0 saturated carbocycles. The summed E-state index contributed by atoms with van der Waals surface area (Å²) in [4.78, 5) is 20.5. The summed E-state index contributed by atoms with van der Waals surface area (Å²) in [7, 11) is 1.49. The van der Waals surface area contributed by atoms with E-state index < -0.39 is 24.4 Å². The molecule has 14 heteroatoms. The molecule has 1 aliphatic rings. The van der Waals surface area contributed by atoms with Gasteiger partial charge < -0.3 is 20.3 Å². The average molecular weight is 547 g/mol. The second-order valence-corrected chi connectivity index (χ2v) is 8.83. The van der Waals surface area contributed by atoms with Gasteiger partial charge in [0.2, 0.25) is 5.95 Å². The summed E-state index contributed by atoms with van der Waals surface area (Å²) in [5.41, 5.74) is 1.37. The van der Waals surface area contributed by atoms with Gasteiger partial charge in [-0.05, 0) is 18.2 Å². The zero-order valence-corrected chi connectivity index (χ0v) is 20.6. The number of rotatable bonds is 7. The predicted molar refractivity (Wildman–Crippen MR) is 136 cm³/mol. The van der Waals surface area contributed by atoms with E-state index in [9.17, 15) is 22.0 Å². The smallest absolute Gasteiger partial charge is 0.401 e. The molecule has 0 amide bonds. The zero-order chi connectivity index (χ0) is 27.6. The number of anilines is 5. The summed E-state index contributed by atoms with van der Waals surface area (Å²) in [6.07, 6.45) is 0.336. The number of methoxy groups -OCH3 is 1. The minimum atomic E-state index is -4.23. The summed E-state index contributed by atoms with van der Waals surface area (Å²) in [6.45, 7) is 0.355. The highest BCUT2D eigenvalue weighted by Crippen LogP contribution is 2.31. The van der Waals surface area contributed by atoms with Crippen molar-refractivity contribution in [2.75, 3.05) is 55.4 Å². The maximum atomic E-state index is 13.6. The summed E-state index contributed by atoms with van der Waals surface area (Å²) in [5.74, 6) is -0.280. The number of nitrogens with zero attached hydrogens (tertiary/aromatic N) is 6. The lowest BCUT2D eigenvalue weighted by Gasteiger charge is -2.36. The molecule has 1 saturated heterocycles. The average Bonchev–Trinajstić information content (AvgIpc) is 2.89. The van der Waals surface area contributed by atoms with Gasteiger partial charge in [0, 0.05) is 49.9 Å². The molecule has 2 N–H and O–H groups in total. The number of alkyl halides is 3. The van der Waals surface area contributed by atoms with E-state index in [2.05, 4.69) is 30.6 Å². The van der Waals surface area contributed by atoms with Gasteiger partial charge in [0.05, 0.1) is 42.9 Å². The Morgan fingerprint density at radius 3 is 2.36 bits per heavy atom. The van der Waals surface area contributed by atoms with E-state index in [1.54, 1.807) is 24.4 Å². The maximum Gasteiger partial charge on any atom is 0.401 e. The van der Waals surface area contributed by atoms with Crippen LogP contribution in [-0.2, 0) is 0 Å². The molecule has 1 aromatic carbocycles. The Morgan fingerprint density at radius 2 is 1.62 bits per heavy atom. The molecule has 0 bridgehead atoms. The van der Waals surface area contributed by atoms with Crippen LogP contribution in [0, 0.1) is 11.6 Å². The first kappa shape index (κ1) is 26.3. The first-order valence-electron chi connectivity index (χ1n) is 11.9. The van der Waals surface area contributed by atoms with Crippen molar-refractivity contribution < 1.29 is 26.7 Å². The van der Waals surface area contributed by atoms with Crippen molar-refractivity contribution in [3.63, 3.8) is 0 Å². The number of nitrogens with one attached hydrogen (secondary N) is 2. The van der Waals surface area contributed by atoms with Crippen LogP contribution >= 0.6 is 0 Å². The molecule has 0 unspecified atom stereocenters. The van der Waals surface area contributed by atoms with Crippen LogP contribution < -0.4 is 20.3 Å². The van der Waals surface area contributed by atoms with Gasteiger partial charge in [-0.1, -0.05) is 0 Å². The largest absolute Gasteiger partial charge is 0.493 e. The molecular weight excluding hydrogens is 523 g/mol. The topological polar surface area (TPSA) is 91.3 Å². The van der Waals surface area contributed by atoms with Crippen molar-refractivity contribution in [1.29, 1.82) is 0 Å². The minimum Gasteiger partial charge on any atom is -0.493 e. The van der Waals surface area contributed by atoms with Crippen LogP contribution in [0.1, 0.15) is 0 Å². The molecule has 0 atom stereocenters. The van der Waals surface area contributed by atoms with Crippen molar-refractivity contribution >= 4 is 39.9 Å². The molecule has 39 heavy (non-hydrogen) atoms. The van der Waals surface area contributed by atoms with Crippen LogP contribution in [0.3, 0.4) is 0 Å². The van der Waals surface area contributed by atoms with Gasteiger partial charge in [0.15, 0.2) is 23.2 Å². The molecule has 4 aromatic rings. The molecular formula is C25H23F5N8O. The quantitative estimate of drug-likeness (QED) is 0.315. The molecule has 3 aromatic heterocycles. The van der Waals surface area contributed by atoms with Crippen LogP contribution in [0.4, 0.5) is 50.9 Å². The van der Waals surface area contributed by atoms with Gasteiger partial charge in [0.1, 0.15) is 5.82 Å². The lowest BCUT2D eigenvalue weighted by atomic mass is 10.2. The fourth-order valence-electron chi connectivity index (χ4n) is 4.22. The van der Waals surface area contributed by atoms with Crippen molar-refractivity contribution in [3.05, 3.63) is 60.6 Å². The monoisotopic (exact) mass is 546 g/mol. The fourth-order valence-corrected chi connectivity index (χ4v) is 4.22.